The molecular weight excluding hydrogens is 284 g/mol. The van der Waals surface area contributed by atoms with Crippen LogP contribution in [0.25, 0.3) is 0 Å². The van der Waals surface area contributed by atoms with Crippen LogP contribution in [0.3, 0.4) is 0 Å². The standard InChI is InChI=1S/C15H26N4.2C2H6/c1-4-7-10-17-14(16-9-5-2)12-15-18-11-8-13(6-3)19-15;2*1-2/h5,7,9-10,13H,4,6,8,11-12H2,1-3H3,(H,16,17)(H,18,19);2*1-2H3/b9-5+,10-7+;;. The van der Waals surface area contributed by atoms with Crippen LogP contribution in [0, 0.1) is 0 Å². The minimum Gasteiger partial charge on any atom is -0.371 e. The molecule has 0 aromatic heterocycles. The fraction of sp³-hybridized carbons (Fsp3) is 0.684. The van der Waals surface area contributed by atoms with Crippen molar-refractivity contribution in [3.63, 3.8) is 0 Å². The summed E-state index contributed by atoms with van der Waals surface area (Å²) in [6.07, 6.45) is 11.8. The van der Waals surface area contributed by atoms with Crippen LogP contribution in [-0.4, -0.2) is 24.3 Å². The van der Waals surface area contributed by atoms with Crippen molar-refractivity contribution in [2.45, 2.75) is 80.2 Å². The van der Waals surface area contributed by atoms with Gasteiger partial charge in [-0.1, -0.05) is 53.7 Å². The first-order chi connectivity index (χ1) is 11.3. The predicted octanol–water partition coefficient (Wildman–Crippen LogP) is 5.04. The third-order valence-corrected chi connectivity index (χ3v) is 2.96. The summed E-state index contributed by atoms with van der Waals surface area (Å²) in [4.78, 5) is 8.95. The van der Waals surface area contributed by atoms with Gasteiger partial charge in [-0.25, -0.2) is 4.99 Å². The highest BCUT2D eigenvalue weighted by molar-refractivity contribution is 6.03. The van der Waals surface area contributed by atoms with Crippen LogP contribution in [0.4, 0.5) is 0 Å². The average Bonchev–Trinajstić information content (AvgIpc) is 2.63. The third kappa shape index (κ3) is 12.6. The van der Waals surface area contributed by atoms with Gasteiger partial charge in [0.05, 0.1) is 6.42 Å². The third-order valence-electron chi connectivity index (χ3n) is 2.96. The summed E-state index contributed by atoms with van der Waals surface area (Å²) in [5, 5.41) is 6.71. The van der Waals surface area contributed by atoms with E-state index in [1.54, 1.807) is 0 Å². The molecule has 0 radical (unpaired) electrons. The molecule has 0 fully saturated rings. The van der Waals surface area contributed by atoms with Gasteiger partial charge in [0.25, 0.3) is 0 Å². The van der Waals surface area contributed by atoms with E-state index in [0.29, 0.717) is 6.04 Å². The SMILES string of the molecule is C/C=C/N=C(CC1=NCCC(CC)N1)N/C=C/CC.CC.CC. The molecule has 1 atom stereocenters. The summed E-state index contributed by atoms with van der Waals surface area (Å²) in [5.41, 5.74) is 0. The van der Waals surface area contributed by atoms with Crippen molar-refractivity contribution < 1.29 is 0 Å². The van der Waals surface area contributed by atoms with E-state index in [-0.39, 0.29) is 0 Å². The Morgan fingerprint density at radius 1 is 1.30 bits per heavy atom. The number of amidine groups is 2. The predicted molar refractivity (Wildman–Crippen MR) is 106 cm³/mol. The topological polar surface area (TPSA) is 48.8 Å². The molecule has 2 N–H and O–H groups in total. The molecule has 1 unspecified atom stereocenters. The highest BCUT2D eigenvalue weighted by atomic mass is 15.1. The number of hydrogen-bond acceptors (Lipinski definition) is 3. The first kappa shape index (κ1) is 23.7. The largest absolute Gasteiger partial charge is 0.371 e. The number of rotatable bonds is 6. The van der Waals surface area contributed by atoms with E-state index in [9.17, 15) is 0 Å². The van der Waals surface area contributed by atoms with E-state index < -0.39 is 0 Å². The Morgan fingerprint density at radius 3 is 2.57 bits per heavy atom. The lowest BCUT2D eigenvalue weighted by atomic mass is 10.1. The number of allylic oxidation sites excluding steroid dienone is 2. The molecule has 1 rings (SSSR count). The molecule has 1 heterocycles. The summed E-state index contributed by atoms with van der Waals surface area (Å²) in [6.45, 7) is 15.2. The molecule has 23 heavy (non-hydrogen) atoms. The lowest BCUT2D eigenvalue weighted by Gasteiger charge is -2.23. The summed E-state index contributed by atoms with van der Waals surface area (Å²) >= 11 is 0. The number of nitrogens with one attached hydrogen (secondary N) is 2. The Hall–Kier alpha value is -1.58. The van der Waals surface area contributed by atoms with Crippen molar-refractivity contribution in [1.82, 2.24) is 10.6 Å². The van der Waals surface area contributed by atoms with Crippen LogP contribution in [0.15, 0.2) is 34.5 Å². The number of aliphatic imine (C=N–C) groups is 2. The zero-order chi connectivity index (χ0) is 17.9. The van der Waals surface area contributed by atoms with E-state index in [1.807, 2.05) is 53.1 Å². The Bertz CT molecular complexity index is 368. The maximum absolute atomic E-state index is 4.54. The van der Waals surface area contributed by atoms with Crippen LogP contribution < -0.4 is 10.6 Å². The smallest absolute Gasteiger partial charge is 0.113 e. The molecule has 4 heteroatoms. The second-order valence-electron chi connectivity index (χ2n) is 4.56. The Balaban J connectivity index is 0. The van der Waals surface area contributed by atoms with E-state index in [2.05, 4.69) is 40.5 Å². The zero-order valence-electron chi connectivity index (χ0n) is 16.3. The van der Waals surface area contributed by atoms with Gasteiger partial charge in [-0.2, -0.15) is 0 Å². The fourth-order valence-electron chi connectivity index (χ4n) is 1.85. The Labute approximate surface area is 144 Å². The van der Waals surface area contributed by atoms with Gasteiger partial charge in [0.1, 0.15) is 11.7 Å². The molecule has 0 saturated heterocycles. The first-order valence-corrected chi connectivity index (χ1v) is 9.19. The van der Waals surface area contributed by atoms with Crippen molar-refractivity contribution in [1.29, 1.82) is 0 Å². The van der Waals surface area contributed by atoms with Crippen LogP contribution in [0.5, 0.6) is 0 Å². The van der Waals surface area contributed by atoms with Crippen molar-refractivity contribution in [2.75, 3.05) is 6.54 Å². The summed E-state index contributed by atoms with van der Waals surface area (Å²) < 4.78 is 0. The van der Waals surface area contributed by atoms with Crippen LogP contribution in [0.1, 0.15) is 74.1 Å². The van der Waals surface area contributed by atoms with Gasteiger partial charge in [0, 0.05) is 18.8 Å². The highest BCUT2D eigenvalue weighted by Gasteiger charge is 2.14. The summed E-state index contributed by atoms with van der Waals surface area (Å²) in [7, 11) is 0. The van der Waals surface area contributed by atoms with Gasteiger partial charge in [0.2, 0.25) is 0 Å². The highest BCUT2D eigenvalue weighted by Crippen LogP contribution is 2.05. The second-order valence-corrected chi connectivity index (χ2v) is 4.56. The quantitative estimate of drug-likeness (QED) is 0.531. The van der Waals surface area contributed by atoms with Gasteiger partial charge in [-0.05, 0) is 32.4 Å². The number of nitrogens with zero attached hydrogens (tertiary/aromatic N) is 2. The van der Waals surface area contributed by atoms with Gasteiger partial charge in [0.15, 0.2) is 0 Å². The summed E-state index contributed by atoms with van der Waals surface area (Å²) in [6, 6.07) is 0.557. The van der Waals surface area contributed by atoms with Crippen molar-refractivity contribution in [3.05, 3.63) is 24.6 Å². The van der Waals surface area contributed by atoms with E-state index in [4.69, 9.17) is 0 Å². The molecule has 134 valence electrons. The van der Waals surface area contributed by atoms with Gasteiger partial charge in [-0.15, -0.1) is 0 Å². The average molecular weight is 323 g/mol. The summed E-state index contributed by atoms with van der Waals surface area (Å²) in [5.74, 6) is 1.96. The van der Waals surface area contributed by atoms with Crippen LogP contribution in [-0.2, 0) is 0 Å². The van der Waals surface area contributed by atoms with E-state index in [1.165, 1.54) is 0 Å². The maximum atomic E-state index is 4.54. The van der Waals surface area contributed by atoms with E-state index >= 15 is 0 Å². The lowest BCUT2D eigenvalue weighted by Crippen LogP contribution is -2.40. The van der Waals surface area contributed by atoms with Gasteiger partial charge < -0.3 is 10.6 Å². The molecule has 0 amide bonds. The zero-order valence-corrected chi connectivity index (χ0v) is 16.3. The van der Waals surface area contributed by atoms with E-state index in [0.717, 1.165) is 43.9 Å². The maximum Gasteiger partial charge on any atom is 0.113 e. The van der Waals surface area contributed by atoms with Crippen molar-refractivity contribution in [3.8, 4) is 0 Å². The molecule has 4 nitrogen and oxygen atoms in total. The second kappa shape index (κ2) is 18.5. The van der Waals surface area contributed by atoms with Crippen molar-refractivity contribution >= 4 is 11.7 Å². The van der Waals surface area contributed by atoms with Crippen LogP contribution in [0.2, 0.25) is 0 Å². The normalized spacial score (nSPS) is 17.6. The van der Waals surface area contributed by atoms with Crippen LogP contribution >= 0.6 is 0 Å². The first-order valence-electron chi connectivity index (χ1n) is 9.19. The minimum absolute atomic E-state index is 0.557. The molecule has 0 aliphatic carbocycles. The molecule has 1 aliphatic rings. The lowest BCUT2D eigenvalue weighted by molar-refractivity contribution is 0.526. The molecule has 1 aliphatic heterocycles. The van der Waals surface area contributed by atoms with Gasteiger partial charge in [-0.3, -0.25) is 4.99 Å². The minimum atomic E-state index is 0.557. The molecule has 0 spiro atoms. The van der Waals surface area contributed by atoms with Crippen molar-refractivity contribution in [2.24, 2.45) is 9.98 Å². The Kier molecular flexibility index (Phi) is 19.0. The monoisotopic (exact) mass is 322 g/mol. The Morgan fingerprint density at radius 2 is 2.00 bits per heavy atom. The molecular formula is C19H38N4. The molecule has 0 bridgehead atoms. The molecule has 0 aromatic carbocycles. The van der Waals surface area contributed by atoms with Gasteiger partial charge >= 0.3 is 0 Å². The molecule has 0 saturated carbocycles. The fourth-order valence-corrected chi connectivity index (χ4v) is 1.85. The number of hydrogen-bond donors (Lipinski definition) is 2. The molecule has 0 aromatic rings.